The number of rotatable bonds is 7. The Bertz CT molecular complexity index is 240. The van der Waals surface area contributed by atoms with Crippen LogP contribution in [0.2, 0.25) is 0 Å². The molecule has 0 aromatic heterocycles. The fraction of sp³-hybridized carbons (Fsp3) is 1.00. The fourth-order valence-electron chi connectivity index (χ4n) is 2.54. The Hall–Kier alpha value is -0.160. The van der Waals surface area contributed by atoms with Crippen molar-refractivity contribution in [1.29, 1.82) is 0 Å². The summed E-state index contributed by atoms with van der Waals surface area (Å²) in [6.07, 6.45) is 4.10. The van der Waals surface area contributed by atoms with Gasteiger partial charge >= 0.3 is 0 Å². The highest BCUT2D eigenvalue weighted by atomic mass is 16.5. The number of hydrogen-bond donors (Lipinski definition) is 2. The summed E-state index contributed by atoms with van der Waals surface area (Å²) in [5, 5.41) is 9.34. The van der Waals surface area contributed by atoms with Gasteiger partial charge in [0.1, 0.15) is 0 Å². The first-order valence-corrected chi connectivity index (χ1v) is 6.99. The van der Waals surface area contributed by atoms with Crippen LogP contribution in [0.15, 0.2) is 0 Å². The number of ether oxygens (including phenoxy) is 2. The van der Waals surface area contributed by atoms with Crippen molar-refractivity contribution in [3.05, 3.63) is 0 Å². The van der Waals surface area contributed by atoms with E-state index in [4.69, 9.17) is 15.2 Å². The van der Waals surface area contributed by atoms with Crippen LogP contribution in [0.1, 0.15) is 46.5 Å². The Kier molecular flexibility index (Phi) is 6.05. The van der Waals surface area contributed by atoms with E-state index in [-0.39, 0.29) is 17.7 Å². The molecule has 4 nitrogen and oxygen atoms in total. The van der Waals surface area contributed by atoms with Crippen molar-refractivity contribution < 1.29 is 14.6 Å². The van der Waals surface area contributed by atoms with Crippen molar-refractivity contribution in [2.45, 2.75) is 57.6 Å². The number of hydrogen-bond acceptors (Lipinski definition) is 4. The highest BCUT2D eigenvalue weighted by molar-refractivity contribution is 4.95. The number of nitrogens with two attached hydrogens (primary N) is 1. The maximum Gasteiger partial charge on any atom is 0.0707 e. The molecule has 0 aromatic carbocycles. The van der Waals surface area contributed by atoms with E-state index in [1.165, 1.54) is 0 Å². The Morgan fingerprint density at radius 1 is 1.28 bits per heavy atom. The summed E-state index contributed by atoms with van der Waals surface area (Å²) in [4.78, 5) is 0. The Labute approximate surface area is 111 Å². The summed E-state index contributed by atoms with van der Waals surface area (Å²) in [5.41, 5.74) is 5.70. The molecule has 0 aromatic rings. The van der Waals surface area contributed by atoms with Gasteiger partial charge in [-0.25, -0.2) is 0 Å². The molecule has 3 N–H and O–H groups in total. The molecule has 0 radical (unpaired) electrons. The molecule has 0 spiro atoms. The summed E-state index contributed by atoms with van der Waals surface area (Å²) in [5.74, 6) is 0.394. The van der Waals surface area contributed by atoms with Crippen LogP contribution < -0.4 is 5.73 Å². The van der Waals surface area contributed by atoms with E-state index in [0.717, 1.165) is 25.7 Å². The molecule has 2 atom stereocenters. The van der Waals surface area contributed by atoms with Crippen LogP contribution in [-0.2, 0) is 9.47 Å². The predicted molar refractivity (Wildman–Crippen MR) is 72.5 cm³/mol. The third kappa shape index (κ3) is 5.22. The lowest BCUT2D eigenvalue weighted by molar-refractivity contribution is -0.0370. The topological polar surface area (TPSA) is 64.7 Å². The van der Waals surface area contributed by atoms with Crippen LogP contribution in [0.4, 0.5) is 0 Å². The zero-order chi connectivity index (χ0) is 13.6. The van der Waals surface area contributed by atoms with Crippen molar-refractivity contribution in [2.24, 2.45) is 11.7 Å². The quantitative estimate of drug-likeness (QED) is 0.683. The normalized spacial score (nSPS) is 28.8. The van der Waals surface area contributed by atoms with E-state index < -0.39 is 0 Å². The average Bonchev–Trinajstić information content (AvgIpc) is 2.65. The molecular weight excluding hydrogens is 230 g/mol. The lowest BCUT2D eigenvalue weighted by Crippen LogP contribution is -2.47. The van der Waals surface area contributed by atoms with E-state index in [1.54, 1.807) is 0 Å². The fourth-order valence-corrected chi connectivity index (χ4v) is 2.54. The maximum atomic E-state index is 9.34. The van der Waals surface area contributed by atoms with E-state index in [2.05, 4.69) is 0 Å². The van der Waals surface area contributed by atoms with Gasteiger partial charge in [0.05, 0.1) is 25.4 Å². The zero-order valence-electron chi connectivity index (χ0n) is 12.1. The van der Waals surface area contributed by atoms with Crippen LogP contribution in [0.3, 0.4) is 0 Å². The van der Waals surface area contributed by atoms with Gasteiger partial charge in [0.15, 0.2) is 0 Å². The average molecular weight is 259 g/mol. The molecule has 0 heterocycles. The second kappa shape index (κ2) is 6.85. The molecule has 108 valence electrons. The lowest BCUT2D eigenvalue weighted by atomic mass is 9.87. The second-order valence-electron chi connectivity index (χ2n) is 6.34. The van der Waals surface area contributed by atoms with E-state index in [0.29, 0.717) is 25.7 Å². The molecule has 18 heavy (non-hydrogen) atoms. The molecule has 0 bridgehead atoms. The highest BCUT2D eigenvalue weighted by Crippen LogP contribution is 2.35. The monoisotopic (exact) mass is 259 g/mol. The lowest BCUT2D eigenvalue weighted by Gasteiger charge is -2.29. The molecule has 0 amide bonds. The first-order valence-electron chi connectivity index (χ1n) is 6.99. The van der Waals surface area contributed by atoms with Gasteiger partial charge < -0.3 is 20.3 Å². The number of aliphatic hydroxyl groups excluding tert-OH is 1. The molecule has 0 aliphatic heterocycles. The Morgan fingerprint density at radius 2 is 2.00 bits per heavy atom. The van der Waals surface area contributed by atoms with Crippen molar-refractivity contribution in [2.75, 3.05) is 26.4 Å². The van der Waals surface area contributed by atoms with Crippen LogP contribution in [0, 0.1) is 5.92 Å². The maximum absolute atomic E-state index is 9.34. The van der Waals surface area contributed by atoms with Crippen LogP contribution in [0.5, 0.6) is 0 Å². The minimum absolute atomic E-state index is 0.0881. The van der Waals surface area contributed by atoms with Gasteiger partial charge in [-0.05, 0) is 46.0 Å². The summed E-state index contributed by atoms with van der Waals surface area (Å²) in [7, 11) is 0. The van der Waals surface area contributed by atoms with Crippen LogP contribution >= 0.6 is 0 Å². The molecule has 4 heteroatoms. The minimum atomic E-state index is -0.370. The molecule has 2 unspecified atom stereocenters. The van der Waals surface area contributed by atoms with Gasteiger partial charge in [-0.15, -0.1) is 0 Å². The molecule has 1 aliphatic carbocycles. The zero-order valence-corrected chi connectivity index (χ0v) is 12.1. The minimum Gasteiger partial charge on any atom is -0.394 e. The molecule has 1 aliphatic rings. The van der Waals surface area contributed by atoms with E-state index in [1.807, 2.05) is 20.8 Å². The van der Waals surface area contributed by atoms with Crippen molar-refractivity contribution >= 4 is 0 Å². The van der Waals surface area contributed by atoms with E-state index >= 15 is 0 Å². The van der Waals surface area contributed by atoms with Crippen molar-refractivity contribution in [3.63, 3.8) is 0 Å². The Balaban J connectivity index is 2.08. The van der Waals surface area contributed by atoms with Crippen molar-refractivity contribution in [1.82, 2.24) is 0 Å². The van der Waals surface area contributed by atoms with Gasteiger partial charge in [-0.1, -0.05) is 6.42 Å². The summed E-state index contributed by atoms with van der Waals surface area (Å²) in [6.45, 7) is 8.16. The smallest absolute Gasteiger partial charge is 0.0707 e. The molecule has 1 saturated carbocycles. The third-order valence-electron chi connectivity index (χ3n) is 3.68. The van der Waals surface area contributed by atoms with Gasteiger partial charge in [0, 0.05) is 12.1 Å². The molecule has 1 fully saturated rings. The third-order valence-corrected chi connectivity index (χ3v) is 3.68. The van der Waals surface area contributed by atoms with Gasteiger partial charge in [0.2, 0.25) is 0 Å². The Morgan fingerprint density at radius 3 is 2.61 bits per heavy atom. The van der Waals surface area contributed by atoms with Crippen molar-refractivity contribution in [3.8, 4) is 0 Å². The van der Waals surface area contributed by atoms with E-state index in [9.17, 15) is 5.11 Å². The molecule has 1 rings (SSSR count). The van der Waals surface area contributed by atoms with Crippen LogP contribution in [0.25, 0.3) is 0 Å². The van der Waals surface area contributed by atoms with Crippen LogP contribution in [-0.4, -0.2) is 42.7 Å². The number of aliphatic hydroxyl groups is 1. The molecule has 0 saturated heterocycles. The van der Waals surface area contributed by atoms with Gasteiger partial charge in [-0.3, -0.25) is 0 Å². The SMILES string of the molecule is CC(C)(C)OCCOCCC1CCCC1(N)CO. The summed E-state index contributed by atoms with van der Waals surface area (Å²) in [6, 6.07) is 0. The van der Waals surface area contributed by atoms with Gasteiger partial charge in [-0.2, -0.15) is 0 Å². The second-order valence-corrected chi connectivity index (χ2v) is 6.34. The first kappa shape index (κ1) is 15.9. The highest BCUT2D eigenvalue weighted by Gasteiger charge is 2.38. The summed E-state index contributed by atoms with van der Waals surface area (Å²) < 4.78 is 11.1. The standard InChI is InChI=1S/C14H29NO3/c1-13(2,3)18-10-9-17-8-6-12-5-4-7-14(12,15)11-16/h12,16H,4-11,15H2,1-3H3. The van der Waals surface area contributed by atoms with Gasteiger partial charge in [0.25, 0.3) is 0 Å². The molecular formula is C14H29NO3. The summed E-state index contributed by atoms with van der Waals surface area (Å²) >= 11 is 0. The first-order chi connectivity index (χ1) is 8.37. The predicted octanol–water partition coefficient (Wildman–Crippen LogP) is 1.70. The largest absolute Gasteiger partial charge is 0.394 e.